The van der Waals surface area contributed by atoms with Gasteiger partial charge in [0.2, 0.25) is 0 Å². The van der Waals surface area contributed by atoms with Crippen molar-refractivity contribution in [3.05, 3.63) is 12.2 Å². The number of carbonyl (C=O) groups is 3. The molecule has 2 fully saturated rings. The molecule has 1 aliphatic heterocycles. The lowest BCUT2D eigenvalue weighted by molar-refractivity contribution is -0.165. The van der Waals surface area contributed by atoms with Crippen LogP contribution in [0.1, 0.15) is 34.1 Å². The summed E-state index contributed by atoms with van der Waals surface area (Å²) in [6, 6.07) is 0. The molecule has 0 unspecified atom stereocenters. The normalized spacial score (nSPS) is 46.7. The van der Waals surface area contributed by atoms with Gasteiger partial charge in [-0.1, -0.05) is 19.9 Å². The zero-order valence-corrected chi connectivity index (χ0v) is 13.4. The van der Waals surface area contributed by atoms with E-state index in [-0.39, 0.29) is 41.5 Å². The number of ketones is 1. The van der Waals surface area contributed by atoms with Crippen LogP contribution >= 0.6 is 0 Å². The predicted octanol–water partition coefficient (Wildman–Crippen LogP) is 1.90. The Labute approximate surface area is 130 Å². The molecule has 0 amide bonds. The summed E-state index contributed by atoms with van der Waals surface area (Å²) in [4.78, 5) is 36.2. The van der Waals surface area contributed by atoms with Gasteiger partial charge in [-0.3, -0.25) is 14.4 Å². The van der Waals surface area contributed by atoms with Crippen LogP contribution in [0, 0.1) is 29.1 Å². The predicted molar refractivity (Wildman–Crippen MR) is 77.6 cm³/mol. The summed E-state index contributed by atoms with van der Waals surface area (Å²) >= 11 is 0. The molecule has 5 nitrogen and oxygen atoms in total. The van der Waals surface area contributed by atoms with E-state index in [1.54, 1.807) is 13.0 Å². The van der Waals surface area contributed by atoms with Gasteiger partial charge in [-0.2, -0.15) is 0 Å². The Balaban J connectivity index is 2.10. The molecule has 0 spiro atoms. The molecule has 5 heteroatoms. The average molecular weight is 306 g/mol. The molecule has 0 aromatic carbocycles. The maximum absolute atomic E-state index is 12.6. The first-order valence-electron chi connectivity index (χ1n) is 7.87. The first-order chi connectivity index (χ1) is 10.3. The molecule has 0 aromatic heterocycles. The number of esters is 2. The molecule has 1 heterocycles. The molecule has 0 radical (unpaired) electrons. The molecular formula is C17H22O5. The Morgan fingerprint density at radius 2 is 2.05 bits per heavy atom. The van der Waals surface area contributed by atoms with Crippen LogP contribution in [0.5, 0.6) is 0 Å². The third-order valence-corrected chi connectivity index (χ3v) is 5.77. The Morgan fingerprint density at radius 1 is 1.36 bits per heavy atom. The monoisotopic (exact) mass is 306 g/mol. The van der Waals surface area contributed by atoms with Crippen LogP contribution in [-0.4, -0.2) is 29.9 Å². The smallest absolute Gasteiger partial charge is 0.309 e. The second kappa shape index (κ2) is 4.93. The number of hydrogen-bond donors (Lipinski definition) is 0. The third kappa shape index (κ3) is 1.94. The fourth-order valence-electron chi connectivity index (χ4n) is 4.61. The number of carbonyl (C=O) groups excluding carboxylic acids is 3. The highest BCUT2D eigenvalue weighted by Gasteiger charge is 2.62. The van der Waals surface area contributed by atoms with Crippen molar-refractivity contribution in [3.8, 4) is 0 Å². The Morgan fingerprint density at radius 3 is 2.68 bits per heavy atom. The van der Waals surface area contributed by atoms with Crippen molar-refractivity contribution >= 4 is 17.7 Å². The maximum Gasteiger partial charge on any atom is 0.309 e. The molecule has 3 aliphatic rings. The van der Waals surface area contributed by atoms with Gasteiger partial charge >= 0.3 is 11.9 Å². The molecule has 1 saturated heterocycles. The van der Waals surface area contributed by atoms with Gasteiger partial charge in [-0.15, -0.1) is 0 Å². The largest absolute Gasteiger partial charge is 0.462 e. The average Bonchev–Trinajstić information content (AvgIpc) is 2.84. The van der Waals surface area contributed by atoms with Crippen molar-refractivity contribution < 1.29 is 23.9 Å². The second-order valence-corrected chi connectivity index (χ2v) is 7.12. The molecule has 2 aliphatic carbocycles. The van der Waals surface area contributed by atoms with Crippen LogP contribution in [0.4, 0.5) is 0 Å². The van der Waals surface area contributed by atoms with E-state index in [4.69, 9.17) is 9.47 Å². The van der Waals surface area contributed by atoms with Gasteiger partial charge < -0.3 is 9.47 Å². The minimum atomic E-state index is -0.813. The van der Waals surface area contributed by atoms with Gasteiger partial charge in [0, 0.05) is 12.8 Å². The third-order valence-electron chi connectivity index (χ3n) is 5.77. The van der Waals surface area contributed by atoms with Crippen molar-refractivity contribution in [1.29, 1.82) is 0 Å². The fraction of sp³-hybridized carbons (Fsp3) is 0.706. The highest BCUT2D eigenvalue weighted by atomic mass is 16.6. The van der Waals surface area contributed by atoms with E-state index >= 15 is 0 Å². The lowest BCUT2D eigenvalue weighted by Gasteiger charge is -2.40. The summed E-state index contributed by atoms with van der Waals surface area (Å²) in [6.07, 6.45) is 3.30. The van der Waals surface area contributed by atoms with Gasteiger partial charge in [-0.25, -0.2) is 0 Å². The van der Waals surface area contributed by atoms with Gasteiger partial charge in [0.25, 0.3) is 0 Å². The van der Waals surface area contributed by atoms with E-state index < -0.39 is 17.5 Å². The SMILES string of the molecule is CC(=O)O[C@@H]1[C@H]2[C@@H](C[C@@H](C)[C@@H]3C=CC(=O)[C@]13C)OC(=O)[C@@H]2C. The van der Waals surface area contributed by atoms with Crippen LogP contribution in [0.15, 0.2) is 12.2 Å². The van der Waals surface area contributed by atoms with E-state index in [0.29, 0.717) is 6.42 Å². The van der Waals surface area contributed by atoms with Gasteiger partial charge in [0.1, 0.15) is 12.2 Å². The molecule has 0 aromatic rings. The Bertz CT molecular complexity index is 565. The number of rotatable bonds is 1. The van der Waals surface area contributed by atoms with E-state index in [9.17, 15) is 14.4 Å². The molecule has 1 saturated carbocycles. The quantitative estimate of drug-likeness (QED) is 0.692. The zero-order chi connectivity index (χ0) is 16.2. The first kappa shape index (κ1) is 15.3. The fourth-order valence-corrected chi connectivity index (χ4v) is 4.61. The highest BCUT2D eigenvalue weighted by Crippen LogP contribution is 2.54. The topological polar surface area (TPSA) is 69.7 Å². The van der Waals surface area contributed by atoms with Crippen molar-refractivity contribution in [2.75, 3.05) is 0 Å². The number of fused-ring (bicyclic) bond motifs is 2. The van der Waals surface area contributed by atoms with Gasteiger partial charge in [0.05, 0.1) is 11.3 Å². The van der Waals surface area contributed by atoms with Crippen LogP contribution in [0.3, 0.4) is 0 Å². The van der Waals surface area contributed by atoms with Crippen molar-refractivity contribution in [1.82, 2.24) is 0 Å². The summed E-state index contributed by atoms with van der Waals surface area (Å²) in [5.41, 5.74) is -0.813. The molecule has 7 atom stereocenters. The first-order valence-corrected chi connectivity index (χ1v) is 7.87. The van der Waals surface area contributed by atoms with E-state index in [0.717, 1.165) is 0 Å². The summed E-state index contributed by atoms with van der Waals surface area (Å²) in [5, 5.41) is 0. The van der Waals surface area contributed by atoms with Crippen LogP contribution in [-0.2, 0) is 23.9 Å². The van der Waals surface area contributed by atoms with Crippen LogP contribution < -0.4 is 0 Å². The van der Waals surface area contributed by atoms with Crippen molar-refractivity contribution in [3.63, 3.8) is 0 Å². The Hall–Kier alpha value is -1.65. The molecule has 0 N–H and O–H groups in total. The molecule has 0 bridgehead atoms. The van der Waals surface area contributed by atoms with E-state index in [2.05, 4.69) is 6.92 Å². The number of ether oxygens (including phenoxy) is 2. The summed E-state index contributed by atoms with van der Waals surface area (Å²) < 4.78 is 11.1. The minimum absolute atomic E-state index is 0.000789. The van der Waals surface area contributed by atoms with Crippen molar-refractivity contribution in [2.24, 2.45) is 29.1 Å². The standard InChI is InChI=1S/C17H22O5/c1-8-7-12-14(9(2)16(20)22-12)15(21-10(3)18)17(4)11(8)5-6-13(17)19/h5-6,8-9,11-12,14-15H,7H2,1-4H3/t8-,9-,11+,12-,14-,15-,17-/m1/s1. The second-order valence-electron chi connectivity index (χ2n) is 7.12. The van der Waals surface area contributed by atoms with Crippen molar-refractivity contribution in [2.45, 2.75) is 46.3 Å². The van der Waals surface area contributed by atoms with Crippen LogP contribution in [0.25, 0.3) is 0 Å². The lowest BCUT2D eigenvalue weighted by atomic mass is 9.66. The number of hydrogen-bond acceptors (Lipinski definition) is 5. The summed E-state index contributed by atoms with van der Waals surface area (Å²) in [5.74, 6) is -1.17. The van der Waals surface area contributed by atoms with Gasteiger partial charge in [-0.05, 0) is 31.3 Å². The minimum Gasteiger partial charge on any atom is -0.462 e. The number of allylic oxidation sites excluding steroid dienone is 2. The molecule has 120 valence electrons. The molecule has 3 rings (SSSR count). The van der Waals surface area contributed by atoms with Crippen LogP contribution in [0.2, 0.25) is 0 Å². The van der Waals surface area contributed by atoms with E-state index in [1.165, 1.54) is 6.92 Å². The Kier molecular flexibility index (Phi) is 3.42. The van der Waals surface area contributed by atoms with E-state index in [1.807, 2.05) is 13.0 Å². The lowest BCUT2D eigenvalue weighted by Crippen LogP contribution is -2.50. The summed E-state index contributed by atoms with van der Waals surface area (Å²) in [6.45, 7) is 7.07. The molecular weight excluding hydrogens is 284 g/mol. The highest BCUT2D eigenvalue weighted by molar-refractivity contribution is 5.98. The molecule has 22 heavy (non-hydrogen) atoms. The summed E-state index contributed by atoms with van der Waals surface area (Å²) in [7, 11) is 0. The van der Waals surface area contributed by atoms with Gasteiger partial charge in [0.15, 0.2) is 5.78 Å². The maximum atomic E-state index is 12.6. The zero-order valence-electron chi connectivity index (χ0n) is 13.4.